The van der Waals surface area contributed by atoms with Crippen LogP contribution in [0.5, 0.6) is 11.5 Å². The zero-order valence-corrected chi connectivity index (χ0v) is 26.3. The third kappa shape index (κ3) is 13.9. The van der Waals surface area contributed by atoms with E-state index in [0.29, 0.717) is 25.7 Å². The number of carbonyl (C=O) groups is 4. The third-order valence-corrected chi connectivity index (χ3v) is 7.44. The van der Waals surface area contributed by atoms with Crippen LogP contribution < -0.4 is 21.7 Å². The van der Waals surface area contributed by atoms with Gasteiger partial charge in [-0.25, -0.2) is 0 Å². The van der Waals surface area contributed by atoms with Crippen LogP contribution in [0.25, 0.3) is 0 Å². The van der Waals surface area contributed by atoms with Crippen LogP contribution in [-0.4, -0.2) is 33.8 Å². The first-order valence-corrected chi connectivity index (χ1v) is 16.1. The first-order chi connectivity index (χ1) is 21.2. The number of hydrogen-bond acceptors (Lipinski definition) is 6. The van der Waals surface area contributed by atoms with Crippen molar-refractivity contribution < 1.29 is 29.4 Å². The summed E-state index contributed by atoms with van der Waals surface area (Å²) in [6, 6.07) is 9.92. The maximum Gasteiger partial charge on any atom is 0.273 e. The molecule has 0 radical (unpaired) electrons. The number of amides is 4. The number of hydrazine groups is 2. The van der Waals surface area contributed by atoms with Gasteiger partial charge in [-0.1, -0.05) is 77.3 Å². The Morgan fingerprint density at radius 1 is 0.523 bits per heavy atom. The van der Waals surface area contributed by atoms with E-state index in [1.54, 1.807) is 24.3 Å². The van der Waals surface area contributed by atoms with Crippen molar-refractivity contribution in [2.75, 3.05) is 0 Å². The monoisotopic (exact) mass is 610 g/mol. The quantitative estimate of drug-likeness (QED) is 0.0858. The molecule has 0 spiro atoms. The van der Waals surface area contributed by atoms with Crippen molar-refractivity contribution in [2.45, 2.75) is 117 Å². The number of unbranched alkanes of at least 4 members (excludes halogenated alkanes) is 9. The molecule has 10 heteroatoms. The highest BCUT2D eigenvalue weighted by molar-refractivity contribution is 5.98. The Labute approximate surface area is 261 Å². The number of benzene rings is 2. The summed E-state index contributed by atoms with van der Waals surface area (Å²) in [5.74, 6) is -1.87. The molecule has 242 valence electrons. The van der Waals surface area contributed by atoms with Crippen molar-refractivity contribution in [1.82, 2.24) is 21.7 Å². The fourth-order valence-corrected chi connectivity index (χ4v) is 4.75. The number of nitrogens with one attached hydrogen (secondary N) is 4. The van der Waals surface area contributed by atoms with Gasteiger partial charge in [0, 0.05) is 12.8 Å². The van der Waals surface area contributed by atoms with Crippen molar-refractivity contribution in [3.05, 3.63) is 58.7 Å². The summed E-state index contributed by atoms with van der Waals surface area (Å²) in [7, 11) is 0. The summed E-state index contributed by atoms with van der Waals surface area (Å²) in [5.41, 5.74) is 11.8. The third-order valence-electron chi connectivity index (χ3n) is 7.44. The molecular formula is C34H50N4O6. The van der Waals surface area contributed by atoms with Gasteiger partial charge in [-0.15, -0.1) is 0 Å². The molecule has 0 atom stereocenters. The molecule has 0 aliphatic heterocycles. The minimum Gasteiger partial charge on any atom is -0.507 e. The van der Waals surface area contributed by atoms with Crippen LogP contribution in [0.1, 0.15) is 136 Å². The maximum absolute atomic E-state index is 12.4. The molecule has 0 saturated carbocycles. The normalized spacial score (nSPS) is 10.7. The fourth-order valence-electron chi connectivity index (χ4n) is 4.75. The number of aromatic hydroxyl groups is 2. The highest BCUT2D eigenvalue weighted by Gasteiger charge is 2.14. The number of aryl methyl sites for hydroxylation is 2. The molecule has 0 aliphatic rings. The zero-order valence-electron chi connectivity index (χ0n) is 26.3. The first-order valence-electron chi connectivity index (χ1n) is 16.1. The summed E-state index contributed by atoms with van der Waals surface area (Å²) >= 11 is 0. The van der Waals surface area contributed by atoms with Crippen LogP contribution in [-0.2, 0) is 22.4 Å². The predicted molar refractivity (Wildman–Crippen MR) is 171 cm³/mol. The van der Waals surface area contributed by atoms with Gasteiger partial charge in [-0.2, -0.15) is 0 Å². The Morgan fingerprint density at radius 2 is 0.886 bits per heavy atom. The summed E-state index contributed by atoms with van der Waals surface area (Å²) in [6.45, 7) is 4.18. The number of carbonyl (C=O) groups excluding carboxylic acids is 4. The average Bonchev–Trinajstić information content (AvgIpc) is 3.02. The van der Waals surface area contributed by atoms with E-state index >= 15 is 0 Å². The van der Waals surface area contributed by atoms with Crippen LogP contribution in [0.3, 0.4) is 0 Å². The number of rotatable bonds is 19. The van der Waals surface area contributed by atoms with Gasteiger partial charge >= 0.3 is 0 Å². The average molecular weight is 611 g/mol. The lowest BCUT2D eigenvalue weighted by molar-refractivity contribution is -0.122. The second-order valence-electron chi connectivity index (χ2n) is 11.2. The summed E-state index contributed by atoms with van der Waals surface area (Å²) < 4.78 is 0. The molecule has 0 fully saturated rings. The van der Waals surface area contributed by atoms with E-state index in [1.807, 2.05) is 0 Å². The summed E-state index contributed by atoms with van der Waals surface area (Å²) in [4.78, 5) is 49.0. The van der Waals surface area contributed by atoms with Crippen molar-refractivity contribution in [2.24, 2.45) is 0 Å². The van der Waals surface area contributed by atoms with E-state index in [4.69, 9.17) is 0 Å². The summed E-state index contributed by atoms with van der Waals surface area (Å²) in [6.07, 6.45) is 13.6. The van der Waals surface area contributed by atoms with Crippen LogP contribution in [0.15, 0.2) is 36.4 Å². The summed E-state index contributed by atoms with van der Waals surface area (Å²) in [5, 5.41) is 20.0. The van der Waals surface area contributed by atoms with Crippen molar-refractivity contribution in [1.29, 1.82) is 0 Å². The molecule has 4 amide bonds. The smallest absolute Gasteiger partial charge is 0.273 e. The fraction of sp³-hybridized carbons (Fsp3) is 0.529. The standard InChI is InChI=1S/C34H50N4O6/c1-3-5-15-25-19-21-29(39)27(23-25)33(43)37-35-31(41)17-13-11-9-7-8-10-12-14-18-32(42)36-38-34(44)28-24-26(16-6-4-2)20-22-30(28)40/h19-24,39-40H,3-18H2,1-2H3,(H,35,41)(H,36,42)(H,37,43)(H,38,44). The Balaban J connectivity index is 1.49. The van der Waals surface area contributed by atoms with Gasteiger partial charge in [0.15, 0.2) is 0 Å². The highest BCUT2D eigenvalue weighted by atomic mass is 16.3. The molecule has 0 bridgehead atoms. The molecule has 6 N–H and O–H groups in total. The van der Waals surface area contributed by atoms with Crippen LogP contribution in [0.2, 0.25) is 0 Å². The van der Waals surface area contributed by atoms with E-state index in [9.17, 15) is 29.4 Å². The molecule has 2 aromatic rings. The van der Waals surface area contributed by atoms with Crippen molar-refractivity contribution >= 4 is 23.6 Å². The van der Waals surface area contributed by atoms with Crippen molar-refractivity contribution in [3.63, 3.8) is 0 Å². The van der Waals surface area contributed by atoms with E-state index in [2.05, 4.69) is 35.6 Å². The van der Waals surface area contributed by atoms with Crippen molar-refractivity contribution in [3.8, 4) is 11.5 Å². The van der Waals surface area contributed by atoms with E-state index in [1.165, 1.54) is 12.1 Å². The highest BCUT2D eigenvalue weighted by Crippen LogP contribution is 2.21. The lowest BCUT2D eigenvalue weighted by Gasteiger charge is -2.10. The lowest BCUT2D eigenvalue weighted by atomic mass is 10.0. The molecule has 0 aromatic heterocycles. The zero-order chi connectivity index (χ0) is 32.2. The van der Waals surface area contributed by atoms with Crippen LogP contribution >= 0.6 is 0 Å². The van der Waals surface area contributed by atoms with Gasteiger partial charge in [0.2, 0.25) is 11.8 Å². The predicted octanol–water partition coefficient (Wildman–Crippen LogP) is 5.91. The SMILES string of the molecule is CCCCc1ccc(O)c(C(=O)NNC(=O)CCCCCCCCCCC(=O)NNC(=O)c2cc(CCCC)ccc2O)c1. The van der Waals surface area contributed by atoms with Gasteiger partial charge in [0.05, 0.1) is 11.1 Å². The van der Waals surface area contributed by atoms with E-state index < -0.39 is 11.8 Å². The Morgan fingerprint density at radius 3 is 1.25 bits per heavy atom. The lowest BCUT2D eigenvalue weighted by Crippen LogP contribution is -2.41. The minimum absolute atomic E-state index is 0.120. The van der Waals surface area contributed by atoms with E-state index in [-0.39, 0.29) is 34.4 Å². The van der Waals surface area contributed by atoms with E-state index in [0.717, 1.165) is 88.2 Å². The van der Waals surface area contributed by atoms with Gasteiger partial charge in [-0.3, -0.25) is 40.9 Å². The Bertz CT molecular complexity index is 1120. The molecule has 2 rings (SSSR count). The number of phenols is 2. The second kappa shape index (κ2) is 20.8. The number of phenolic OH excluding ortho intramolecular Hbond substituents is 2. The number of hydrogen-bond donors (Lipinski definition) is 6. The van der Waals surface area contributed by atoms with Gasteiger partial charge in [0.1, 0.15) is 11.5 Å². The Kier molecular flexibility index (Phi) is 17.0. The molecule has 0 aliphatic carbocycles. The first kappa shape index (κ1) is 36.1. The molecule has 10 nitrogen and oxygen atoms in total. The molecule has 2 aromatic carbocycles. The minimum atomic E-state index is -0.542. The molecular weight excluding hydrogens is 560 g/mol. The van der Waals surface area contributed by atoms with Gasteiger partial charge < -0.3 is 10.2 Å². The topological polar surface area (TPSA) is 157 Å². The van der Waals surface area contributed by atoms with Crippen LogP contribution in [0, 0.1) is 0 Å². The van der Waals surface area contributed by atoms with Crippen LogP contribution in [0.4, 0.5) is 0 Å². The largest absolute Gasteiger partial charge is 0.507 e. The van der Waals surface area contributed by atoms with Gasteiger partial charge in [-0.05, 0) is 73.9 Å². The Hall–Kier alpha value is -4.08. The molecule has 44 heavy (non-hydrogen) atoms. The second-order valence-corrected chi connectivity index (χ2v) is 11.2. The molecule has 0 saturated heterocycles. The maximum atomic E-state index is 12.4. The van der Waals surface area contributed by atoms with Gasteiger partial charge in [0.25, 0.3) is 11.8 Å². The molecule has 0 unspecified atom stereocenters. The molecule has 0 heterocycles.